The third-order valence-electron chi connectivity index (χ3n) is 2.52. The molecule has 0 amide bonds. The van der Waals surface area contributed by atoms with Crippen LogP contribution in [0.3, 0.4) is 0 Å². The summed E-state index contributed by atoms with van der Waals surface area (Å²) in [5, 5.41) is 8.77. The highest BCUT2D eigenvalue weighted by Gasteiger charge is 2.35. The smallest absolute Gasteiger partial charge is 0.326 e. The number of benzene rings is 1. The molecule has 1 fully saturated rings. The van der Waals surface area contributed by atoms with Crippen molar-refractivity contribution in [1.82, 2.24) is 0 Å². The van der Waals surface area contributed by atoms with Crippen LogP contribution >= 0.6 is 0 Å². The van der Waals surface area contributed by atoms with Crippen LogP contribution in [-0.2, 0) is 4.79 Å². The Morgan fingerprint density at radius 3 is 2.67 bits per heavy atom. The van der Waals surface area contributed by atoms with Gasteiger partial charge in [-0.15, -0.1) is 0 Å². The van der Waals surface area contributed by atoms with Crippen molar-refractivity contribution in [2.45, 2.75) is 12.5 Å². The van der Waals surface area contributed by atoms with Gasteiger partial charge in [-0.1, -0.05) is 0 Å². The highest BCUT2D eigenvalue weighted by Crippen LogP contribution is 2.29. The van der Waals surface area contributed by atoms with Crippen LogP contribution in [0, 0.1) is 11.6 Å². The number of carboxylic acid groups (broad SMARTS) is 1. The molecule has 0 aromatic heterocycles. The Hall–Kier alpha value is -1.65. The van der Waals surface area contributed by atoms with E-state index in [1.165, 1.54) is 11.0 Å². The van der Waals surface area contributed by atoms with Crippen molar-refractivity contribution in [1.29, 1.82) is 0 Å². The SMILES string of the molecule is O=C(O)C1CCN1c1ccc(F)cc1F. The van der Waals surface area contributed by atoms with E-state index in [9.17, 15) is 13.6 Å². The number of nitrogens with zero attached hydrogens (tertiary/aromatic N) is 1. The molecule has 0 spiro atoms. The van der Waals surface area contributed by atoms with E-state index in [2.05, 4.69) is 0 Å². The predicted molar refractivity (Wildman–Crippen MR) is 49.7 cm³/mol. The van der Waals surface area contributed by atoms with Crippen LogP contribution in [-0.4, -0.2) is 23.7 Å². The Balaban J connectivity index is 2.27. The molecular formula is C10H9F2NO2. The summed E-state index contributed by atoms with van der Waals surface area (Å²) < 4.78 is 25.9. The Bertz CT molecular complexity index is 408. The van der Waals surface area contributed by atoms with Crippen LogP contribution in [0.1, 0.15) is 6.42 Å². The molecule has 1 aliphatic heterocycles. The van der Waals surface area contributed by atoms with Crippen LogP contribution < -0.4 is 4.90 Å². The van der Waals surface area contributed by atoms with Crippen LogP contribution in [0.5, 0.6) is 0 Å². The van der Waals surface area contributed by atoms with Gasteiger partial charge in [-0.25, -0.2) is 13.6 Å². The Labute approximate surface area is 84.9 Å². The summed E-state index contributed by atoms with van der Waals surface area (Å²) in [4.78, 5) is 12.1. The maximum Gasteiger partial charge on any atom is 0.326 e. The fraction of sp³-hybridized carbons (Fsp3) is 0.300. The van der Waals surface area contributed by atoms with Crippen molar-refractivity contribution in [3.8, 4) is 0 Å². The molecule has 1 saturated heterocycles. The summed E-state index contributed by atoms with van der Waals surface area (Å²) in [6, 6.07) is 2.45. The molecule has 15 heavy (non-hydrogen) atoms. The van der Waals surface area contributed by atoms with Gasteiger partial charge in [0.15, 0.2) is 0 Å². The molecule has 1 atom stereocenters. The minimum absolute atomic E-state index is 0.148. The first kappa shape index (κ1) is 9.89. The predicted octanol–water partition coefficient (Wildman–Crippen LogP) is 1.63. The monoisotopic (exact) mass is 213 g/mol. The molecule has 3 nitrogen and oxygen atoms in total. The molecule has 80 valence electrons. The fourth-order valence-corrected chi connectivity index (χ4v) is 1.65. The van der Waals surface area contributed by atoms with Gasteiger partial charge in [-0.3, -0.25) is 0 Å². The van der Waals surface area contributed by atoms with E-state index in [-0.39, 0.29) is 5.69 Å². The maximum atomic E-state index is 13.3. The average molecular weight is 213 g/mol. The van der Waals surface area contributed by atoms with Gasteiger partial charge in [0.25, 0.3) is 0 Å². The van der Waals surface area contributed by atoms with Crippen molar-refractivity contribution in [3.05, 3.63) is 29.8 Å². The number of rotatable bonds is 2. The number of carbonyl (C=O) groups is 1. The zero-order valence-electron chi connectivity index (χ0n) is 7.78. The molecule has 1 aromatic rings. The van der Waals surface area contributed by atoms with E-state index in [1.807, 2.05) is 0 Å². The lowest BCUT2D eigenvalue weighted by molar-refractivity contribution is -0.139. The average Bonchev–Trinajstić information content (AvgIpc) is 2.06. The molecule has 0 radical (unpaired) electrons. The van der Waals surface area contributed by atoms with Crippen molar-refractivity contribution < 1.29 is 18.7 Å². The summed E-state index contributed by atoms with van der Waals surface area (Å²) in [7, 11) is 0. The number of hydrogen-bond donors (Lipinski definition) is 1. The topological polar surface area (TPSA) is 40.5 Å². The Morgan fingerprint density at radius 2 is 2.20 bits per heavy atom. The van der Waals surface area contributed by atoms with Gasteiger partial charge in [0, 0.05) is 12.6 Å². The quantitative estimate of drug-likeness (QED) is 0.811. The molecule has 1 heterocycles. The van der Waals surface area contributed by atoms with Gasteiger partial charge >= 0.3 is 5.97 Å². The van der Waals surface area contributed by atoms with Gasteiger partial charge in [0.05, 0.1) is 5.69 Å². The summed E-state index contributed by atoms with van der Waals surface area (Å²) >= 11 is 0. The standard InChI is InChI=1S/C10H9F2NO2/c11-6-1-2-8(7(12)5-6)13-4-3-9(13)10(14)15/h1-2,5,9H,3-4H2,(H,14,15). The molecule has 1 aromatic carbocycles. The number of carboxylic acids is 1. The van der Waals surface area contributed by atoms with Crippen LogP contribution in [0.4, 0.5) is 14.5 Å². The van der Waals surface area contributed by atoms with Crippen LogP contribution in [0.15, 0.2) is 18.2 Å². The van der Waals surface area contributed by atoms with Gasteiger partial charge in [0.2, 0.25) is 0 Å². The molecule has 1 aliphatic rings. The minimum atomic E-state index is -0.982. The summed E-state index contributed by atoms with van der Waals surface area (Å²) in [5.41, 5.74) is 0.148. The number of anilines is 1. The summed E-state index contributed by atoms with van der Waals surface area (Å²) in [6.07, 6.45) is 0.492. The van der Waals surface area contributed by atoms with Gasteiger partial charge in [-0.05, 0) is 18.6 Å². The van der Waals surface area contributed by atoms with E-state index in [4.69, 9.17) is 5.11 Å². The van der Waals surface area contributed by atoms with Gasteiger partial charge in [0.1, 0.15) is 17.7 Å². The van der Waals surface area contributed by atoms with Crippen LogP contribution in [0.25, 0.3) is 0 Å². The van der Waals surface area contributed by atoms with E-state index in [1.54, 1.807) is 0 Å². The number of hydrogen-bond acceptors (Lipinski definition) is 2. The lowest BCUT2D eigenvalue weighted by atomic mass is 10.0. The Kier molecular flexibility index (Phi) is 2.30. The summed E-state index contributed by atoms with van der Waals surface area (Å²) in [6.45, 7) is 0.486. The molecule has 1 N–H and O–H groups in total. The molecule has 0 saturated carbocycles. The third-order valence-corrected chi connectivity index (χ3v) is 2.52. The van der Waals surface area contributed by atoms with Crippen molar-refractivity contribution in [2.75, 3.05) is 11.4 Å². The second-order valence-corrected chi connectivity index (χ2v) is 3.43. The largest absolute Gasteiger partial charge is 0.480 e. The second-order valence-electron chi connectivity index (χ2n) is 3.43. The molecule has 0 aliphatic carbocycles. The number of halogens is 2. The lowest BCUT2D eigenvalue weighted by Gasteiger charge is -2.39. The first-order chi connectivity index (χ1) is 7.09. The van der Waals surface area contributed by atoms with Gasteiger partial charge < -0.3 is 10.0 Å². The second kappa shape index (κ2) is 3.49. The van der Waals surface area contributed by atoms with Crippen LogP contribution in [0.2, 0.25) is 0 Å². The maximum absolute atomic E-state index is 13.3. The first-order valence-corrected chi connectivity index (χ1v) is 4.54. The number of aliphatic carboxylic acids is 1. The highest BCUT2D eigenvalue weighted by molar-refractivity contribution is 5.80. The fourth-order valence-electron chi connectivity index (χ4n) is 1.65. The van der Waals surface area contributed by atoms with Crippen molar-refractivity contribution in [2.24, 2.45) is 0 Å². The highest BCUT2D eigenvalue weighted by atomic mass is 19.1. The van der Waals surface area contributed by atoms with E-state index in [0.717, 1.165) is 12.1 Å². The molecule has 1 unspecified atom stereocenters. The minimum Gasteiger partial charge on any atom is -0.480 e. The van der Waals surface area contributed by atoms with Crippen molar-refractivity contribution >= 4 is 11.7 Å². The third kappa shape index (κ3) is 1.65. The zero-order valence-corrected chi connectivity index (χ0v) is 7.78. The van der Waals surface area contributed by atoms with Crippen molar-refractivity contribution in [3.63, 3.8) is 0 Å². The normalized spacial score (nSPS) is 19.9. The van der Waals surface area contributed by atoms with E-state index in [0.29, 0.717) is 13.0 Å². The molecule has 5 heteroatoms. The Morgan fingerprint density at radius 1 is 1.47 bits per heavy atom. The van der Waals surface area contributed by atoms with E-state index < -0.39 is 23.6 Å². The van der Waals surface area contributed by atoms with E-state index >= 15 is 0 Å². The molecule has 0 bridgehead atoms. The zero-order chi connectivity index (χ0) is 11.0. The van der Waals surface area contributed by atoms with Gasteiger partial charge in [-0.2, -0.15) is 0 Å². The lowest BCUT2D eigenvalue weighted by Crippen LogP contribution is -2.52. The molecular weight excluding hydrogens is 204 g/mol. The summed E-state index contributed by atoms with van der Waals surface area (Å²) in [5.74, 6) is -2.37. The molecule has 2 rings (SSSR count). The first-order valence-electron chi connectivity index (χ1n) is 4.54.